The molecular formula is C20H21FN4O3S2. The Morgan fingerprint density at radius 2 is 2.00 bits per heavy atom. The number of carbonyl (C=O) groups is 1. The summed E-state index contributed by atoms with van der Waals surface area (Å²) in [6.07, 6.45) is 1.88. The van der Waals surface area contributed by atoms with Gasteiger partial charge in [-0.25, -0.2) is 17.8 Å². The lowest BCUT2D eigenvalue weighted by Crippen LogP contribution is -2.39. The normalized spacial score (nSPS) is 17.7. The summed E-state index contributed by atoms with van der Waals surface area (Å²) in [5.74, 6) is -0.547. The first-order valence-corrected chi connectivity index (χ1v) is 11.8. The van der Waals surface area contributed by atoms with Crippen molar-refractivity contribution in [3.05, 3.63) is 53.8 Å². The highest BCUT2D eigenvalue weighted by molar-refractivity contribution is 7.89. The average molecular weight is 449 g/mol. The maximum absolute atomic E-state index is 13.7. The van der Waals surface area contributed by atoms with E-state index in [0.717, 1.165) is 12.8 Å². The molecule has 0 aliphatic carbocycles. The minimum Gasteiger partial charge on any atom is -0.273 e. The molecular weight excluding hydrogens is 427 g/mol. The molecule has 2 N–H and O–H groups in total. The lowest BCUT2D eigenvalue weighted by Gasteiger charge is -2.30. The Kier molecular flexibility index (Phi) is 5.72. The van der Waals surface area contributed by atoms with Crippen LogP contribution in [0, 0.1) is 11.7 Å². The molecule has 1 amide bonds. The maximum Gasteiger partial charge on any atom is 0.269 e. The molecule has 1 saturated heterocycles. The SMILES string of the molecule is C[C@@H]1CCCN(S(=O)(=O)c2ccc(C(=O)NNc3nc4c(F)cccc4s3)cc2)C1. The van der Waals surface area contributed by atoms with Gasteiger partial charge in [-0.3, -0.25) is 15.6 Å². The molecule has 2 aromatic carbocycles. The fourth-order valence-corrected chi connectivity index (χ4v) is 5.87. The number of para-hydroxylation sites is 1. The first-order chi connectivity index (χ1) is 14.3. The highest BCUT2D eigenvalue weighted by Crippen LogP contribution is 2.27. The van der Waals surface area contributed by atoms with Gasteiger partial charge in [-0.15, -0.1) is 0 Å². The number of hydrogen-bond donors (Lipinski definition) is 2. The lowest BCUT2D eigenvalue weighted by molar-refractivity contribution is 0.0962. The molecule has 1 atom stereocenters. The van der Waals surface area contributed by atoms with Crippen LogP contribution in [0.2, 0.25) is 0 Å². The van der Waals surface area contributed by atoms with E-state index in [1.54, 1.807) is 12.1 Å². The number of halogens is 1. The first-order valence-electron chi connectivity index (χ1n) is 9.56. The smallest absolute Gasteiger partial charge is 0.269 e. The number of carbonyl (C=O) groups excluding carboxylic acids is 1. The summed E-state index contributed by atoms with van der Waals surface area (Å²) in [4.78, 5) is 16.7. The van der Waals surface area contributed by atoms with Gasteiger partial charge >= 0.3 is 0 Å². The Labute approximate surface area is 177 Å². The van der Waals surface area contributed by atoms with Crippen molar-refractivity contribution in [1.82, 2.24) is 14.7 Å². The second kappa shape index (κ2) is 8.29. The fraction of sp³-hybridized carbons (Fsp3) is 0.300. The zero-order valence-corrected chi connectivity index (χ0v) is 17.9. The molecule has 1 aliphatic heterocycles. The number of aromatic nitrogens is 1. The number of amides is 1. The van der Waals surface area contributed by atoms with E-state index < -0.39 is 21.7 Å². The van der Waals surface area contributed by atoms with Crippen molar-refractivity contribution >= 4 is 42.6 Å². The summed E-state index contributed by atoms with van der Waals surface area (Å²) in [5, 5.41) is 0.349. The molecule has 30 heavy (non-hydrogen) atoms. The number of thiazole rings is 1. The van der Waals surface area contributed by atoms with Gasteiger partial charge in [0, 0.05) is 18.7 Å². The summed E-state index contributed by atoms with van der Waals surface area (Å²) in [7, 11) is -3.57. The van der Waals surface area contributed by atoms with Gasteiger partial charge in [0.15, 0.2) is 0 Å². The van der Waals surface area contributed by atoms with Gasteiger partial charge < -0.3 is 0 Å². The summed E-state index contributed by atoms with van der Waals surface area (Å²) >= 11 is 1.21. The predicted molar refractivity (Wildman–Crippen MR) is 114 cm³/mol. The zero-order chi connectivity index (χ0) is 21.3. The van der Waals surface area contributed by atoms with Crippen LogP contribution < -0.4 is 10.9 Å². The maximum atomic E-state index is 13.7. The third-order valence-corrected chi connectivity index (χ3v) is 7.84. The summed E-state index contributed by atoms with van der Waals surface area (Å²) in [5.41, 5.74) is 5.70. The minimum absolute atomic E-state index is 0.169. The molecule has 10 heteroatoms. The van der Waals surface area contributed by atoms with Crippen molar-refractivity contribution in [2.75, 3.05) is 18.5 Å². The van der Waals surface area contributed by atoms with Crippen LogP contribution in [0.1, 0.15) is 30.1 Å². The highest BCUT2D eigenvalue weighted by atomic mass is 32.2. The average Bonchev–Trinajstić information content (AvgIpc) is 3.17. The van der Waals surface area contributed by atoms with Gasteiger partial charge in [-0.05, 0) is 55.2 Å². The van der Waals surface area contributed by atoms with Crippen molar-refractivity contribution < 1.29 is 17.6 Å². The third kappa shape index (κ3) is 4.16. The molecule has 2 heterocycles. The Morgan fingerprint density at radius 1 is 1.23 bits per heavy atom. The Balaban J connectivity index is 1.43. The standard InChI is InChI=1S/C20H21FN4O3S2/c1-13-4-3-11-25(12-13)30(27,28)15-9-7-14(8-10-15)19(26)23-24-20-22-18-16(21)5-2-6-17(18)29-20/h2,5-10,13H,3-4,11-12H2,1H3,(H,22,24)(H,23,26)/t13-/m1/s1. The van der Waals surface area contributed by atoms with Gasteiger partial charge in [0.25, 0.3) is 5.91 Å². The van der Waals surface area contributed by atoms with E-state index in [1.165, 1.54) is 46.0 Å². The molecule has 0 unspecified atom stereocenters. The zero-order valence-electron chi connectivity index (χ0n) is 16.3. The number of hydrogen-bond acceptors (Lipinski definition) is 6. The lowest BCUT2D eigenvalue weighted by atomic mass is 10.0. The molecule has 0 bridgehead atoms. The number of piperidine rings is 1. The number of fused-ring (bicyclic) bond motifs is 1. The van der Waals surface area contributed by atoms with Crippen molar-refractivity contribution in [3.8, 4) is 0 Å². The molecule has 1 aromatic heterocycles. The van der Waals surface area contributed by atoms with E-state index in [2.05, 4.69) is 15.8 Å². The number of rotatable bonds is 5. The van der Waals surface area contributed by atoms with Gasteiger partial charge in [-0.2, -0.15) is 4.31 Å². The van der Waals surface area contributed by atoms with Crippen molar-refractivity contribution in [2.24, 2.45) is 5.92 Å². The molecule has 0 spiro atoms. The number of nitrogens with zero attached hydrogens (tertiary/aromatic N) is 2. The van der Waals surface area contributed by atoms with Crippen molar-refractivity contribution in [1.29, 1.82) is 0 Å². The fourth-order valence-electron chi connectivity index (χ4n) is 3.44. The van der Waals surface area contributed by atoms with Crippen LogP contribution in [0.15, 0.2) is 47.4 Å². The van der Waals surface area contributed by atoms with Crippen LogP contribution in [-0.4, -0.2) is 36.7 Å². The van der Waals surface area contributed by atoms with Crippen LogP contribution in [0.4, 0.5) is 9.52 Å². The highest BCUT2D eigenvalue weighted by Gasteiger charge is 2.28. The quantitative estimate of drug-likeness (QED) is 0.582. The molecule has 1 aliphatic rings. The van der Waals surface area contributed by atoms with Gasteiger partial charge in [0.2, 0.25) is 15.2 Å². The number of sulfonamides is 1. The molecule has 0 saturated carbocycles. The number of nitrogens with one attached hydrogen (secondary N) is 2. The molecule has 3 aromatic rings. The van der Waals surface area contributed by atoms with Crippen LogP contribution in [-0.2, 0) is 10.0 Å². The minimum atomic E-state index is -3.57. The van der Waals surface area contributed by atoms with E-state index in [0.29, 0.717) is 34.4 Å². The second-order valence-electron chi connectivity index (χ2n) is 7.32. The topological polar surface area (TPSA) is 91.4 Å². The van der Waals surface area contributed by atoms with Gasteiger partial charge in [0.05, 0.1) is 9.60 Å². The molecule has 4 rings (SSSR count). The van der Waals surface area contributed by atoms with Crippen LogP contribution in [0.3, 0.4) is 0 Å². The van der Waals surface area contributed by atoms with E-state index in [4.69, 9.17) is 0 Å². The largest absolute Gasteiger partial charge is 0.273 e. The Hall–Kier alpha value is -2.56. The summed E-state index contributed by atoms with van der Waals surface area (Å²) in [6.45, 7) is 3.07. The molecule has 7 nitrogen and oxygen atoms in total. The summed E-state index contributed by atoms with van der Waals surface area (Å²) < 4.78 is 41.5. The van der Waals surface area contributed by atoms with Crippen molar-refractivity contribution in [3.63, 3.8) is 0 Å². The Bertz CT molecular complexity index is 1180. The van der Waals surface area contributed by atoms with E-state index in [1.807, 2.05) is 6.92 Å². The number of benzene rings is 2. The summed E-state index contributed by atoms with van der Waals surface area (Å²) in [6, 6.07) is 10.5. The first kappa shape index (κ1) is 20.7. The van der Waals surface area contributed by atoms with E-state index in [9.17, 15) is 17.6 Å². The van der Waals surface area contributed by atoms with Crippen molar-refractivity contribution in [2.45, 2.75) is 24.7 Å². The van der Waals surface area contributed by atoms with Crippen LogP contribution in [0.25, 0.3) is 10.2 Å². The van der Waals surface area contributed by atoms with E-state index in [-0.39, 0.29) is 10.4 Å². The number of hydrazine groups is 1. The molecule has 1 fully saturated rings. The molecule has 0 radical (unpaired) electrons. The number of anilines is 1. The van der Waals surface area contributed by atoms with Crippen LogP contribution in [0.5, 0.6) is 0 Å². The third-order valence-electron chi connectivity index (χ3n) is 5.03. The van der Waals surface area contributed by atoms with Gasteiger partial charge in [-0.1, -0.05) is 24.3 Å². The van der Waals surface area contributed by atoms with Gasteiger partial charge in [0.1, 0.15) is 11.3 Å². The molecule has 158 valence electrons. The second-order valence-corrected chi connectivity index (χ2v) is 10.3. The predicted octanol–water partition coefficient (Wildman–Crippen LogP) is 3.61. The van der Waals surface area contributed by atoms with Crippen LogP contribution >= 0.6 is 11.3 Å². The van der Waals surface area contributed by atoms with E-state index >= 15 is 0 Å². The monoisotopic (exact) mass is 448 g/mol. The Morgan fingerprint density at radius 3 is 2.70 bits per heavy atom.